The highest BCUT2D eigenvalue weighted by atomic mass is 79.9. The van der Waals surface area contributed by atoms with E-state index in [2.05, 4.69) is 46.8 Å². The number of nitrogen functional groups attached to an aromatic ring is 1. The summed E-state index contributed by atoms with van der Waals surface area (Å²) >= 11 is 3.57. The molecule has 0 aromatic carbocycles. The van der Waals surface area contributed by atoms with Crippen molar-refractivity contribution in [1.82, 2.24) is 14.6 Å². The van der Waals surface area contributed by atoms with Crippen LogP contribution in [-0.2, 0) is 16.6 Å². The van der Waals surface area contributed by atoms with Crippen LogP contribution in [0.2, 0.25) is 5.04 Å². The van der Waals surface area contributed by atoms with Gasteiger partial charge in [-0.1, -0.05) is 20.8 Å². The van der Waals surface area contributed by atoms with Gasteiger partial charge in [-0.2, -0.15) is 5.10 Å². The molecule has 0 amide bonds. The van der Waals surface area contributed by atoms with E-state index in [1.165, 1.54) is 6.33 Å². The van der Waals surface area contributed by atoms with E-state index in [0.717, 1.165) is 10.0 Å². The van der Waals surface area contributed by atoms with Gasteiger partial charge < -0.3 is 15.3 Å². The highest BCUT2D eigenvalue weighted by molar-refractivity contribution is 9.10. The number of halogens is 1. The number of aliphatic hydroxyl groups is 1. The lowest BCUT2D eigenvalue weighted by molar-refractivity contribution is 0.0696. The molecule has 6 nitrogen and oxygen atoms in total. The van der Waals surface area contributed by atoms with E-state index in [1.807, 2.05) is 0 Å². The summed E-state index contributed by atoms with van der Waals surface area (Å²) in [5.74, 6) is 0.367. The fourth-order valence-electron chi connectivity index (χ4n) is 2.34. The van der Waals surface area contributed by atoms with Crippen molar-refractivity contribution in [3.8, 4) is 0 Å². The Balaban J connectivity index is 2.52. The quantitative estimate of drug-likeness (QED) is 0.785. The van der Waals surface area contributed by atoms with Gasteiger partial charge in [0.2, 0.25) is 0 Å². The predicted molar refractivity (Wildman–Crippen MR) is 93.4 cm³/mol. The fourth-order valence-corrected chi connectivity index (χ4v) is 3.93. The van der Waals surface area contributed by atoms with Crippen LogP contribution in [0.3, 0.4) is 0 Å². The minimum atomic E-state index is -1.07. The number of nitrogens with two attached hydrogens (primary N) is 1. The predicted octanol–water partition coefficient (Wildman–Crippen LogP) is 2.12. The molecule has 0 saturated heterocycles. The molecule has 8 heteroatoms. The Morgan fingerprint density at radius 2 is 2.00 bits per heavy atom. The molecule has 0 unspecified atom stereocenters. The Bertz CT molecular complexity index is 689. The maximum Gasteiger partial charge on any atom is 0.167 e. The van der Waals surface area contributed by atoms with Crippen molar-refractivity contribution in [2.24, 2.45) is 0 Å². The lowest BCUT2D eigenvalue weighted by Crippen LogP contribution is -2.22. The molecular weight excluding hydrogens is 364 g/mol. The Kier molecular flexibility index (Phi) is 4.68. The largest absolute Gasteiger partial charge is 0.419 e. The Morgan fingerprint density at radius 3 is 2.55 bits per heavy atom. The molecule has 0 aliphatic heterocycles. The van der Waals surface area contributed by atoms with Gasteiger partial charge in [0, 0.05) is 5.56 Å². The smallest absolute Gasteiger partial charge is 0.167 e. The van der Waals surface area contributed by atoms with Crippen LogP contribution in [0.5, 0.6) is 0 Å². The van der Waals surface area contributed by atoms with Crippen molar-refractivity contribution in [3.63, 3.8) is 0 Å². The SMILES string of the molecule is CC(C)(C)[SiH2]OCc1c(Br)c2c(N)ncnn2c1C(C)(C)O. The van der Waals surface area contributed by atoms with Crippen LogP contribution in [0.4, 0.5) is 5.82 Å². The number of anilines is 1. The number of hydrogen-bond acceptors (Lipinski definition) is 5. The van der Waals surface area contributed by atoms with Crippen molar-refractivity contribution in [3.05, 3.63) is 22.1 Å². The summed E-state index contributed by atoms with van der Waals surface area (Å²) in [7, 11) is -0.695. The van der Waals surface area contributed by atoms with Gasteiger partial charge >= 0.3 is 0 Å². The molecule has 0 aliphatic carbocycles. The Labute approximate surface area is 141 Å². The topological polar surface area (TPSA) is 85.7 Å². The summed E-state index contributed by atoms with van der Waals surface area (Å²) in [6.07, 6.45) is 1.39. The molecule has 122 valence electrons. The monoisotopic (exact) mass is 386 g/mol. The fraction of sp³-hybridized carbons (Fsp3) is 0.571. The minimum Gasteiger partial charge on any atom is -0.419 e. The second-order valence-corrected chi connectivity index (χ2v) is 10.8. The molecule has 0 aliphatic rings. The van der Waals surface area contributed by atoms with Gasteiger partial charge in [-0.15, -0.1) is 0 Å². The zero-order valence-corrected chi connectivity index (χ0v) is 16.6. The average molecular weight is 387 g/mol. The summed E-state index contributed by atoms with van der Waals surface area (Å²) in [5, 5.41) is 15.0. The van der Waals surface area contributed by atoms with Gasteiger partial charge in [0.25, 0.3) is 0 Å². The summed E-state index contributed by atoms with van der Waals surface area (Å²) in [6, 6.07) is 0. The zero-order chi connectivity index (χ0) is 16.7. The lowest BCUT2D eigenvalue weighted by atomic mass is 10.0. The average Bonchev–Trinajstić information content (AvgIpc) is 2.62. The molecule has 0 saturated carbocycles. The molecule has 0 radical (unpaired) electrons. The van der Waals surface area contributed by atoms with Crippen LogP contribution in [-0.4, -0.2) is 29.5 Å². The van der Waals surface area contributed by atoms with Crippen LogP contribution in [0.15, 0.2) is 10.8 Å². The number of fused-ring (bicyclic) bond motifs is 1. The molecule has 0 fully saturated rings. The summed E-state index contributed by atoms with van der Waals surface area (Å²) in [6.45, 7) is 10.4. The summed E-state index contributed by atoms with van der Waals surface area (Å²) in [5.41, 5.74) is 7.10. The van der Waals surface area contributed by atoms with E-state index in [9.17, 15) is 5.11 Å². The van der Waals surface area contributed by atoms with Gasteiger partial charge in [0.1, 0.15) is 17.4 Å². The maximum atomic E-state index is 10.5. The molecule has 2 aromatic heterocycles. The maximum absolute atomic E-state index is 10.5. The molecule has 22 heavy (non-hydrogen) atoms. The van der Waals surface area contributed by atoms with Gasteiger partial charge in [0.15, 0.2) is 15.6 Å². The van der Waals surface area contributed by atoms with Crippen LogP contribution < -0.4 is 5.73 Å². The van der Waals surface area contributed by atoms with Crippen molar-refractivity contribution < 1.29 is 9.53 Å². The van der Waals surface area contributed by atoms with Gasteiger partial charge in [0.05, 0.1) is 16.8 Å². The highest BCUT2D eigenvalue weighted by Gasteiger charge is 2.30. The first-order valence-corrected chi connectivity index (χ1v) is 9.20. The molecule has 0 bridgehead atoms. The van der Waals surface area contributed by atoms with E-state index in [0.29, 0.717) is 23.6 Å². The number of hydrogen-bond donors (Lipinski definition) is 2. The van der Waals surface area contributed by atoms with Gasteiger partial charge in [-0.3, -0.25) is 0 Å². The second kappa shape index (κ2) is 5.92. The zero-order valence-electron chi connectivity index (χ0n) is 13.6. The van der Waals surface area contributed by atoms with E-state index < -0.39 is 15.4 Å². The molecular formula is C14H23BrN4O2Si. The van der Waals surface area contributed by atoms with E-state index in [1.54, 1.807) is 18.4 Å². The molecule has 0 atom stereocenters. The number of nitrogens with zero attached hydrogens (tertiary/aromatic N) is 3. The Hall–Kier alpha value is -0.963. The summed E-state index contributed by atoms with van der Waals surface area (Å²) in [4.78, 5) is 4.03. The third kappa shape index (κ3) is 3.50. The highest BCUT2D eigenvalue weighted by Crippen LogP contribution is 2.36. The second-order valence-electron chi connectivity index (χ2n) is 7.16. The summed E-state index contributed by atoms with van der Waals surface area (Å²) < 4.78 is 8.39. The van der Waals surface area contributed by atoms with Crippen LogP contribution in [0.25, 0.3) is 5.52 Å². The minimum absolute atomic E-state index is 0.208. The van der Waals surface area contributed by atoms with Crippen molar-refractivity contribution in [2.45, 2.75) is 51.9 Å². The van der Waals surface area contributed by atoms with Crippen LogP contribution >= 0.6 is 15.9 Å². The third-order valence-electron chi connectivity index (χ3n) is 3.15. The normalized spacial score (nSPS) is 13.6. The molecule has 3 N–H and O–H groups in total. The van der Waals surface area contributed by atoms with E-state index >= 15 is 0 Å². The third-order valence-corrected chi connectivity index (χ3v) is 5.28. The first-order valence-electron chi connectivity index (χ1n) is 7.12. The molecule has 0 spiro atoms. The number of rotatable bonds is 4. The van der Waals surface area contributed by atoms with Crippen molar-refractivity contribution in [2.75, 3.05) is 5.73 Å². The van der Waals surface area contributed by atoms with E-state index in [-0.39, 0.29) is 5.04 Å². The Morgan fingerprint density at radius 1 is 1.36 bits per heavy atom. The van der Waals surface area contributed by atoms with Crippen LogP contribution in [0.1, 0.15) is 45.9 Å². The van der Waals surface area contributed by atoms with Gasteiger partial charge in [-0.05, 0) is 34.8 Å². The van der Waals surface area contributed by atoms with Gasteiger partial charge in [-0.25, -0.2) is 9.50 Å². The molecule has 2 aromatic rings. The first kappa shape index (κ1) is 17.4. The standard InChI is InChI=1S/C14H23BrN4O2Si/c1-13(2,3)22-21-6-8-9(15)10-12(16)17-7-18-19(10)11(8)14(4,5)20/h7,20H,6,22H2,1-5H3,(H2,16,17,18). The molecule has 2 heterocycles. The first-order chi connectivity index (χ1) is 10.0. The number of aromatic nitrogens is 3. The van der Waals surface area contributed by atoms with Crippen LogP contribution in [0, 0.1) is 0 Å². The van der Waals surface area contributed by atoms with Crippen molar-refractivity contribution in [1.29, 1.82) is 0 Å². The molecule has 2 rings (SSSR count). The van der Waals surface area contributed by atoms with Crippen molar-refractivity contribution >= 4 is 37.0 Å². The van der Waals surface area contributed by atoms with E-state index in [4.69, 9.17) is 10.2 Å². The lowest BCUT2D eigenvalue weighted by Gasteiger charge is -2.21.